The Morgan fingerprint density at radius 2 is 1.81 bits per heavy atom. The van der Waals surface area contributed by atoms with Crippen molar-refractivity contribution in [2.24, 2.45) is 0 Å². The molecule has 0 aliphatic rings. The fourth-order valence-electron chi connectivity index (χ4n) is 2.23. The molecule has 0 saturated carbocycles. The molecule has 0 unspecified atom stereocenters. The number of methoxy groups -OCH3 is 1. The smallest absolute Gasteiger partial charge is 0.138 e. The van der Waals surface area contributed by atoms with Gasteiger partial charge < -0.3 is 10.1 Å². The molecule has 2 nitrogen and oxygen atoms in total. The second kappa shape index (κ2) is 7.69. The molecule has 2 rings (SSSR count). The first-order valence-corrected chi connectivity index (χ1v) is 7.75. The molecule has 0 aliphatic heterocycles. The molecule has 0 heterocycles. The van der Waals surface area contributed by atoms with Crippen LogP contribution < -0.4 is 10.1 Å². The Kier molecular flexibility index (Phi) is 5.92. The van der Waals surface area contributed by atoms with Crippen LogP contribution >= 0.6 is 23.2 Å². The lowest BCUT2D eigenvalue weighted by Crippen LogP contribution is -2.14. The summed E-state index contributed by atoms with van der Waals surface area (Å²) in [6.45, 7) is 3.95. The van der Waals surface area contributed by atoms with Crippen LogP contribution in [-0.4, -0.2) is 13.7 Å². The third-order valence-corrected chi connectivity index (χ3v) is 3.90. The Morgan fingerprint density at radius 3 is 2.52 bits per heavy atom. The molecule has 1 N–H and O–H groups in total. The maximum atomic E-state index is 6.39. The van der Waals surface area contributed by atoms with Gasteiger partial charge in [-0.2, -0.15) is 0 Å². The van der Waals surface area contributed by atoms with Crippen LogP contribution in [0.15, 0.2) is 36.4 Å². The molecule has 4 heteroatoms. The Balaban J connectivity index is 2.40. The number of nitrogens with one attached hydrogen (secondary N) is 1. The van der Waals surface area contributed by atoms with E-state index < -0.39 is 0 Å². The van der Waals surface area contributed by atoms with Crippen molar-refractivity contribution in [3.8, 4) is 16.9 Å². The first kappa shape index (κ1) is 16.2. The van der Waals surface area contributed by atoms with E-state index in [9.17, 15) is 0 Å². The van der Waals surface area contributed by atoms with Crippen LogP contribution in [0.5, 0.6) is 5.75 Å². The van der Waals surface area contributed by atoms with E-state index in [1.54, 1.807) is 13.2 Å². The minimum Gasteiger partial charge on any atom is -0.495 e. The summed E-state index contributed by atoms with van der Waals surface area (Å²) in [5, 5.41) is 4.62. The Morgan fingerprint density at radius 1 is 1.05 bits per heavy atom. The van der Waals surface area contributed by atoms with Crippen molar-refractivity contribution in [2.75, 3.05) is 13.7 Å². The summed E-state index contributed by atoms with van der Waals surface area (Å²) in [4.78, 5) is 0. The zero-order chi connectivity index (χ0) is 15.2. The van der Waals surface area contributed by atoms with Gasteiger partial charge in [-0.3, -0.25) is 0 Å². The predicted octanol–water partition coefficient (Wildman–Crippen LogP) is 5.17. The minimum atomic E-state index is 0.563. The molecule has 0 bridgehead atoms. The highest BCUT2D eigenvalue weighted by Gasteiger charge is 2.12. The third-order valence-electron chi connectivity index (χ3n) is 3.29. The van der Waals surface area contributed by atoms with Crippen molar-refractivity contribution in [3.63, 3.8) is 0 Å². The fraction of sp³-hybridized carbons (Fsp3) is 0.294. The lowest BCUT2D eigenvalue weighted by Gasteiger charge is -2.13. The average Bonchev–Trinajstić information content (AvgIpc) is 2.50. The lowest BCUT2D eigenvalue weighted by molar-refractivity contribution is 0.415. The Bertz CT molecular complexity index is 614. The number of benzene rings is 2. The molecule has 0 spiro atoms. The van der Waals surface area contributed by atoms with Gasteiger partial charge in [0.05, 0.1) is 17.2 Å². The quantitative estimate of drug-likeness (QED) is 0.740. The highest BCUT2D eigenvalue weighted by molar-refractivity contribution is 6.36. The Hall–Kier alpha value is -1.22. The van der Waals surface area contributed by atoms with Crippen LogP contribution in [0, 0.1) is 0 Å². The molecule has 0 saturated heterocycles. The molecular weight excluding hydrogens is 305 g/mol. The molecule has 2 aromatic rings. The van der Waals surface area contributed by atoms with E-state index in [0.717, 1.165) is 30.6 Å². The van der Waals surface area contributed by atoms with E-state index in [1.807, 2.05) is 18.2 Å². The zero-order valence-electron chi connectivity index (χ0n) is 12.2. The molecule has 2 aromatic carbocycles. The van der Waals surface area contributed by atoms with Gasteiger partial charge in [0, 0.05) is 18.2 Å². The van der Waals surface area contributed by atoms with Crippen molar-refractivity contribution in [1.82, 2.24) is 5.32 Å². The minimum absolute atomic E-state index is 0.563. The van der Waals surface area contributed by atoms with Crippen molar-refractivity contribution >= 4 is 23.2 Å². The summed E-state index contributed by atoms with van der Waals surface area (Å²) >= 11 is 12.6. The van der Waals surface area contributed by atoms with E-state index >= 15 is 0 Å². The zero-order valence-corrected chi connectivity index (χ0v) is 13.8. The van der Waals surface area contributed by atoms with Gasteiger partial charge >= 0.3 is 0 Å². The third kappa shape index (κ3) is 3.91. The summed E-state index contributed by atoms with van der Waals surface area (Å²) in [5.41, 5.74) is 3.22. The van der Waals surface area contributed by atoms with Gasteiger partial charge in [0.1, 0.15) is 5.75 Å². The number of hydrogen-bond acceptors (Lipinski definition) is 2. The number of rotatable bonds is 6. The second-order valence-corrected chi connectivity index (χ2v) is 5.61. The standard InChI is InChI=1S/C17H19Cl2NO/c1-3-8-20-11-12-6-4-5-7-13(12)14-9-16(19)17(21-2)10-15(14)18/h4-7,9-10,20H,3,8,11H2,1-2H3. The second-order valence-electron chi connectivity index (χ2n) is 4.80. The molecular formula is C17H19Cl2NO. The van der Waals surface area contributed by atoms with E-state index in [4.69, 9.17) is 27.9 Å². The normalized spacial score (nSPS) is 10.7. The maximum Gasteiger partial charge on any atom is 0.138 e. The highest BCUT2D eigenvalue weighted by Crippen LogP contribution is 2.37. The van der Waals surface area contributed by atoms with Gasteiger partial charge in [0.15, 0.2) is 0 Å². The summed E-state index contributed by atoms with van der Waals surface area (Å²) in [6.07, 6.45) is 1.11. The summed E-state index contributed by atoms with van der Waals surface area (Å²) < 4.78 is 5.20. The molecule has 0 amide bonds. The van der Waals surface area contributed by atoms with E-state index in [2.05, 4.69) is 24.4 Å². The van der Waals surface area contributed by atoms with Gasteiger partial charge in [0.2, 0.25) is 0 Å². The van der Waals surface area contributed by atoms with Gasteiger partial charge in [-0.25, -0.2) is 0 Å². The largest absolute Gasteiger partial charge is 0.495 e. The summed E-state index contributed by atoms with van der Waals surface area (Å²) in [7, 11) is 1.58. The Labute approximate surface area is 136 Å². The van der Waals surface area contributed by atoms with Crippen molar-refractivity contribution in [3.05, 3.63) is 52.0 Å². The molecule has 0 atom stereocenters. The van der Waals surface area contributed by atoms with Crippen LogP contribution in [0.3, 0.4) is 0 Å². The van der Waals surface area contributed by atoms with Crippen LogP contribution in [-0.2, 0) is 6.54 Å². The van der Waals surface area contributed by atoms with E-state index in [1.165, 1.54) is 5.56 Å². The topological polar surface area (TPSA) is 21.3 Å². The van der Waals surface area contributed by atoms with Crippen LogP contribution in [0.25, 0.3) is 11.1 Å². The van der Waals surface area contributed by atoms with Crippen molar-refractivity contribution in [2.45, 2.75) is 19.9 Å². The molecule has 0 aliphatic carbocycles. The summed E-state index contributed by atoms with van der Waals surface area (Å²) in [5.74, 6) is 0.590. The number of ether oxygens (including phenoxy) is 1. The number of hydrogen-bond donors (Lipinski definition) is 1. The first-order valence-electron chi connectivity index (χ1n) is 6.99. The van der Waals surface area contributed by atoms with Gasteiger partial charge in [-0.15, -0.1) is 0 Å². The first-order chi connectivity index (χ1) is 10.2. The SMILES string of the molecule is CCCNCc1ccccc1-c1cc(Cl)c(OC)cc1Cl. The predicted molar refractivity (Wildman–Crippen MR) is 90.4 cm³/mol. The van der Waals surface area contributed by atoms with Crippen LogP contribution in [0.1, 0.15) is 18.9 Å². The average molecular weight is 324 g/mol. The molecule has 112 valence electrons. The van der Waals surface area contributed by atoms with Crippen molar-refractivity contribution in [1.29, 1.82) is 0 Å². The molecule has 0 fully saturated rings. The van der Waals surface area contributed by atoms with E-state index in [-0.39, 0.29) is 0 Å². The van der Waals surface area contributed by atoms with Crippen LogP contribution in [0.4, 0.5) is 0 Å². The van der Waals surface area contributed by atoms with Gasteiger partial charge in [0.25, 0.3) is 0 Å². The molecule has 21 heavy (non-hydrogen) atoms. The lowest BCUT2D eigenvalue weighted by atomic mass is 9.99. The van der Waals surface area contributed by atoms with Gasteiger partial charge in [-0.1, -0.05) is 54.4 Å². The van der Waals surface area contributed by atoms with Crippen molar-refractivity contribution < 1.29 is 4.74 Å². The molecule has 0 radical (unpaired) electrons. The van der Waals surface area contributed by atoms with Gasteiger partial charge in [-0.05, 0) is 30.2 Å². The maximum absolute atomic E-state index is 6.39. The summed E-state index contributed by atoms with van der Waals surface area (Å²) in [6, 6.07) is 11.8. The monoisotopic (exact) mass is 323 g/mol. The molecule has 0 aromatic heterocycles. The fourth-order valence-corrected chi connectivity index (χ4v) is 2.72. The number of halogens is 2. The van der Waals surface area contributed by atoms with E-state index in [0.29, 0.717) is 15.8 Å². The van der Waals surface area contributed by atoms with Crippen LogP contribution in [0.2, 0.25) is 10.0 Å². The highest BCUT2D eigenvalue weighted by atomic mass is 35.5.